The lowest BCUT2D eigenvalue weighted by molar-refractivity contribution is -0.125. The topological polar surface area (TPSA) is 77.1 Å². The van der Waals surface area contributed by atoms with Crippen molar-refractivity contribution in [2.24, 2.45) is 5.92 Å². The first-order valence-electron chi connectivity index (χ1n) is 10.5. The molecule has 1 heterocycles. The van der Waals surface area contributed by atoms with Crippen LogP contribution in [-0.4, -0.2) is 64.3 Å². The summed E-state index contributed by atoms with van der Waals surface area (Å²) >= 11 is 0. The monoisotopic (exact) mass is 444 g/mol. The van der Waals surface area contributed by atoms with Crippen molar-refractivity contribution < 1.29 is 28.2 Å². The molecule has 0 bridgehead atoms. The van der Waals surface area contributed by atoms with Gasteiger partial charge in [-0.25, -0.2) is 4.39 Å². The first-order chi connectivity index (χ1) is 15.5. The predicted octanol–water partition coefficient (Wildman–Crippen LogP) is 2.85. The zero-order chi connectivity index (χ0) is 23.1. The summed E-state index contributed by atoms with van der Waals surface area (Å²) in [5, 5.41) is 2.93. The molecule has 0 aromatic heterocycles. The molecule has 0 spiro atoms. The average Bonchev–Trinajstić information content (AvgIpc) is 3.26. The number of ether oxygens (including phenoxy) is 3. The fourth-order valence-electron chi connectivity index (χ4n) is 4.04. The van der Waals surface area contributed by atoms with E-state index in [1.165, 1.54) is 23.1 Å². The Hall–Kier alpha value is -3.13. The molecule has 1 N–H and O–H groups in total. The van der Waals surface area contributed by atoms with E-state index < -0.39 is 17.6 Å². The molecule has 1 fully saturated rings. The van der Waals surface area contributed by atoms with Crippen molar-refractivity contribution in [1.82, 2.24) is 10.2 Å². The van der Waals surface area contributed by atoms with Crippen LogP contribution < -0.4 is 14.8 Å². The summed E-state index contributed by atoms with van der Waals surface area (Å²) in [4.78, 5) is 27.7. The average molecular weight is 445 g/mol. The van der Waals surface area contributed by atoms with Gasteiger partial charge < -0.3 is 24.4 Å². The second kappa shape index (κ2) is 10.9. The third kappa shape index (κ3) is 5.19. The van der Waals surface area contributed by atoms with Gasteiger partial charge in [-0.15, -0.1) is 0 Å². The van der Waals surface area contributed by atoms with Gasteiger partial charge in [0.15, 0.2) is 0 Å². The van der Waals surface area contributed by atoms with Crippen LogP contribution in [0.25, 0.3) is 0 Å². The van der Waals surface area contributed by atoms with Gasteiger partial charge in [-0.05, 0) is 36.8 Å². The molecule has 2 amide bonds. The number of likely N-dealkylation sites (tertiary alicyclic amines) is 1. The highest BCUT2D eigenvalue weighted by atomic mass is 19.1. The molecule has 8 heteroatoms. The minimum absolute atomic E-state index is 0.00925. The molecule has 2 unspecified atom stereocenters. The maximum Gasteiger partial charge on any atom is 0.256 e. The number of hydrogen-bond acceptors (Lipinski definition) is 5. The smallest absolute Gasteiger partial charge is 0.256 e. The van der Waals surface area contributed by atoms with Crippen LogP contribution in [0.1, 0.15) is 28.3 Å². The first kappa shape index (κ1) is 23.5. The van der Waals surface area contributed by atoms with E-state index >= 15 is 0 Å². The number of amides is 2. The fourth-order valence-corrected chi connectivity index (χ4v) is 4.04. The minimum atomic E-state index is -0.583. The summed E-state index contributed by atoms with van der Waals surface area (Å²) < 4.78 is 30.2. The number of nitrogens with one attached hydrogen (secondary N) is 1. The molecule has 1 aliphatic rings. The largest absolute Gasteiger partial charge is 0.497 e. The van der Waals surface area contributed by atoms with Crippen LogP contribution in [0.5, 0.6) is 11.5 Å². The quantitative estimate of drug-likeness (QED) is 0.602. The lowest BCUT2D eigenvalue weighted by Crippen LogP contribution is -2.36. The molecule has 32 heavy (non-hydrogen) atoms. The van der Waals surface area contributed by atoms with Gasteiger partial charge in [0.1, 0.15) is 17.3 Å². The molecule has 172 valence electrons. The Labute approximate surface area is 187 Å². The van der Waals surface area contributed by atoms with E-state index in [0.717, 1.165) is 5.56 Å². The third-order valence-electron chi connectivity index (χ3n) is 5.71. The third-order valence-corrected chi connectivity index (χ3v) is 5.71. The van der Waals surface area contributed by atoms with Crippen molar-refractivity contribution >= 4 is 11.8 Å². The van der Waals surface area contributed by atoms with Crippen molar-refractivity contribution in [2.75, 3.05) is 47.6 Å². The zero-order valence-corrected chi connectivity index (χ0v) is 18.6. The maximum atomic E-state index is 14.3. The molecule has 3 rings (SSSR count). The second-order valence-corrected chi connectivity index (χ2v) is 7.65. The number of methoxy groups -OCH3 is 3. The van der Waals surface area contributed by atoms with Gasteiger partial charge >= 0.3 is 0 Å². The standard InChI is InChI=1S/C24H29FN2O5/c1-30-12-6-11-26-23(28)20-15-27(24(29)17-7-4-5-8-21(17)25)14-19(20)18-13-16(31-2)9-10-22(18)32-3/h4-5,7-10,13,19-20H,6,11-12,14-15H2,1-3H3,(H,26,28). The highest BCUT2D eigenvalue weighted by Crippen LogP contribution is 2.40. The highest BCUT2D eigenvalue weighted by Gasteiger charge is 2.42. The molecule has 0 aliphatic carbocycles. The van der Waals surface area contributed by atoms with Crippen LogP contribution in [0.4, 0.5) is 4.39 Å². The Morgan fingerprint density at radius 1 is 1.09 bits per heavy atom. The Balaban J connectivity index is 1.90. The van der Waals surface area contributed by atoms with E-state index in [-0.39, 0.29) is 30.5 Å². The molecular formula is C24H29FN2O5. The fraction of sp³-hybridized carbons (Fsp3) is 0.417. The number of nitrogens with zero attached hydrogens (tertiary/aromatic N) is 1. The van der Waals surface area contributed by atoms with Gasteiger partial charge in [0.05, 0.1) is 25.7 Å². The predicted molar refractivity (Wildman–Crippen MR) is 118 cm³/mol. The zero-order valence-electron chi connectivity index (χ0n) is 18.6. The number of hydrogen-bond donors (Lipinski definition) is 1. The molecule has 1 saturated heterocycles. The van der Waals surface area contributed by atoms with Gasteiger partial charge in [0, 0.05) is 44.8 Å². The van der Waals surface area contributed by atoms with Gasteiger partial charge in [-0.3, -0.25) is 9.59 Å². The Morgan fingerprint density at radius 2 is 1.88 bits per heavy atom. The molecule has 1 aliphatic heterocycles. The SMILES string of the molecule is COCCCNC(=O)C1CN(C(=O)c2ccccc2F)CC1c1cc(OC)ccc1OC. The number of carbonyl (C=O) groups is 2. The summed E-state index contributed by atoms with van der Waals surface area (Å²) in [7, 11) is 4.73. The lowest BCUT2D eigenvalue weighted by atomic mass is 9.87. The van der Waals surface area contributed by atoms with E-state index in [1.54, 1.807) is 39.5 Å². The summed E-state index contributed by atoms with van der Waals surface area (Å²) in [6, 6.07) is 11.3. The number of carbonyl (C=O) groups excluding carboxylic acids is 2. The van der Waals surface area contributed by atoms with Crippen LogP contribution in [0.3, 0.4) is 0 Å². The molecule has 7 nitrogen and oxygen atoms in total. The van der Waals surface area contributed by atoms with Crippen LogP contribution in [0, 0.1) is 11.7 Å². The maximum absolute atomic E-state index is 14.3. The molecule has 2 aromatic rings. The van der Waals surface area contributed by atoms with E-state index in [2.05, 4.69) is 5.32 Å². The van der Waals surface area contributed by atoms with Crippen molar-refractivity contribution in [3.8, 4) is 11.5 Å². The van der Waals surface area contributed by atoms with Gasteiger partial charge in [0.25, 0.3) is 5.91 Å². The molecule has 2 aromatic carbocycles. The molecule has 2 atom stereocenters. The van der Waals surface area contributed by atoms with E-state index in [1.807, 2.05) is 6.07 Å². The second-order valence-electron chi connectivity index (χ2n) is 7.65. The van der Waals surface area contributed by atoms with Gasteiger partial charge in [0.2, 0.25) is 5.91 Å². The Morgan fingerprint density at radius 3 is 2.56 bits per heavy atom. The van der Waals surface area contributed by atoms with Gasteiger partial charge in [-0.2, -0.15) is 0 Å². The lowest BCUT2D eigenvalue weighted by Gasteiger charge is -2.21. The van der Waals surface area contributed by atoms with E-state index in [0.29, 0.717) is 31.1 Å². The Kier molecular flexibility index (Phi) is 8.05. The summed E-state index contributed by atoms with van der Waals surface area (Å²) in [6.45, 7) is 1.43. The number of benzene rings is 2. The van der Waals surface area contributed by atoms with E-state index in [9.17, 15) is 14.0 Å². The molecule has 0 radical (unpaired) electrons. The van der Waals surface area contributed by atoms with E-state index in [4.69, 9.17) is 14.2 Å². The molecule has 0 saturated carbocycles. The number of halogens is 1. The summed E-state index contributed by atoms with van der Waals surface area (Å²) in [5.74, 6) is -0.815. The highest BCUT2D eigenvalue weighted by molar-refractivity contribution is 5.95. The van der Waals surface area contributed by atoms with Crippen molar-refractivity contribution in [3.05, 3.63) is 59.4 Å². The van der Waals surface area contributed by atoms with Crippen molar-refractivity contribution in [2.45, 2.75) is 12.3 Å². The molecular weight excluding hydrogens is 415 g/mol. The van der Waals surface area contributed by atoms with Crippen LogP contribution in [0.15, 0.2) is 42.5 Å². The summed E-state index contributed by atoms with van der Waals surface area (Å²) in [5.41, 5.74) is 0.762. The van der Waals surface area contributed by atoms with Gasteiger partial charge in [-0.1, -0.05) is 12.1 Å². The van der Waals surface area contributed by atoms with Crippen LogP contribution >= 0.6 is 0 Å². The van der Waals surface area contributed by atoms with Crippen LogP contribution in [0.2, 0.25) is 0 Å². The normalized spacial score (nSPS) is 17.8. The first-order valence-corrected chi connectivity index (χ1v) is 10.5. The van der Waals surface area contributed by atoms with Crippen LogP contribution in [-0.2, 0) is 9.53 Å². The van der Waals surface area contributed by atoms with Crippen molar-refractivity contribution in [3.63, 3.8) is 0 Å². The number of rotatable bonds is 9. The minimum Gasteiger partial charge on any atom is -0.497 e. The summed E-state index contributed by atoms with van der Waals surface area (Å²) in [6.07, 6.45) is 0.681. The van der Waals surface area contributed by atoms with Crippen molar-refractivity contribution in [1.29, 1.82) is 0 Å². The Bertz CT molecular complexity index is 952.